The van der Waals surface area contributed by atoms with E-state index in [9.17, 15) is 13.2 Å². The van der Waals surface area contributed by atoms with E-state index < -0.39 is 12.8 Å². The number of nitrogens with one attached hydrogen (secondary N) is 1. The molecule has 120 valence electrons. The normalized spacial score (nSPS) is 13.4. The van der Waals surface area contributed by atoms with Crippen molar-refractivity contribution in [2.24, 2.45) is 0 Å². The Morgan fingerprint density at radius 3 is 2.57 bits per heavy atom. The molecule has 0 spiro atoms. The van der Waals surface area contributed by atoms with Crippen LogP contribution in [-0.2, 0) is 11.2 Å². The molecule has 0 bridgehead atoms. The third-order valence-corrected chi connectivity index (χ3v) is 3.34. The molecule has 7 heteroatoms. The molecule has 0 aromatic heterocycles. The number of alkyl halides is 3. The Kier molecular flexibility index (Phi) is 7.81. The van der Waals surface area contributed by atoms with Crippen LogP contribution in [0.3, 0.4) is 0 Å². The van der Waals surface area contributed by atoms with Crippen LogP contribution in [-0.4, -0.2) is 32.0 Å². The average Bonchev–Trinajstić information content (AvgIpc) is 2.37. The first kappa shape index (κ1) is 18.6. The maximum absolute atomic E-state index is 12.1. The fourth-order valence-electron chi connectivity index (χ4n) is 1.81. The van der Waals surface area contributed by atoms with Crippen LogP contribution < -0.4 is 5.32 Å². The maximum Gasteiger partial charge on any atom is 0.411 e. The lowest BCUT2D eigenvalue weighted by molar-refractivity contribution is -0.175. The van der Waals surface area contributed by atoms with E-state index in [-0.39, 0.29) is 12.6 Å². The van der Waals surface area contributed by atoms with Crippen molar-refractivity contribution in [1.29, 1.82) is 0 Å². The standard InChI is InChI=1S/C14H18Cl2F3NO/c1-2-5-20-12(8-21-9-14(17,18)19)6-10-3-4-11(15)7-13(10)16/h3-4,7,12,20H,2,5-6,8-9H2,1H3. The van der Waals surface area contributed by atoms with Crippen molar-refractivity contribution in [1.82, 2.24) is 5.32 Å². The summed E-state index contributed by atoms with van der Waals surface area (Å²) in [6.45, 7) is 1.41. The van der Waals surface area contributed by atoms with Gasteiger partial charge in [0.2, 0.25) is 0 Å². The molecule has 0 aliphatic carbocycles. The SMILES string of the molecule is CCCNC(COCC(F)(F)F)Cc1ccc(Cl)cc1Cl. The summed E-state index contributed by atoms with van der Waals surface area (Å²) in [5.74, 6) is 0. The lowest BCUT2D eigenvalue weighted by Crippen LogP contribution is -2.37. The smallest absolute Gasteiger partial charge is 0.370 e. The zero-order valence-corrected chi connectivity index (χ0v) is 13.2. The molecule has 21 heavy (non-hydrogen) atoms. The van der Waals surface area contributed by atoms with Crippen molar-refractivity contribution in [2.45, 2.75) is 32.0 Å². The van der Waals surface area contributed by atoms with E-state index >= 15 is 0 Å². The first-order chi connectivity index (χ1) is 9.81. The number of ether oxygens (including phenoxy) is 1. The highest BCUT2D eigenvalue weighted by atomic mass is 35.5. The third kappa shape index (κ3) is 7.90. The van der Waals surface area contributed by atoms with E-state index in [1.54, 1.807) is 18.2 Å². The van der Waals surface area contributed by atoms with E-state index in [2.05, 4.69) is 5.32 Å². The fraction of sp³-hybridized carbons (Fsp3) is 0.571. The Hall–Kier alpha value is -0.490. The van der Waals surface area contributed by atoms with Gasteiger partial charge < -0.3 is 10.1 Å². The van der Waals surface area contributed by atoms with Crippen molar-refractivity contribution >= 4 is 23.2 Å². The van der Waals surface area contributed by atoms with Crippen LogP contribution in [0.15, 0.2) is 18.2 Å². The predicted molar refractivity (Wildman–Crippen MR) is 79.1 cm³/mol. The quantitative estimate of drug-likeness (QED) is 0.751. The highest BCUT2D eigenvalue weighted by Crippen LogP contribution is 2.22. The van der Waals surface area contributed by atoms with Crippen molar-refractivity contribution < 1.29 is 17.9 Å². The number of benzene rings is 1. The van der Waals surface area contributed by atoms with Gasteiger partial charge in [-0.05, 0) is 37.1 Å². The molecule has 0 saturated heterocycles. The van der Waals surface area contributed by atoms with Crippen LogP contribution in [0.2, 0.25) is 10.0 Å². The maximum atomic E-state index is 12.1. The number of hydrogen-bond donors (Lipinski definition) is 1. The third-order valence-electron chi connectivity index (χ3n) is 2.75. The highest BCUT2D eigenvalue weighted by molar-refractivity contribution is 6.35. The minimum Gasteiger partial charge on any atom is -0.370 e. The fourth-order valence-corrected chi connectivity index (χ4v) is 2.29. The Bertz CT molecular complexity index is 441. The largest absolute Gasteiger partial charge is 0.411 e. The topological polar surface area (TPSA) is 21.3 Å². The van der Waals surface area contributed by atoms with Crippen LogP contribution in [0.5, 0.6) is 0 Å². The molecule has 0 radical (unpaired) electrons. The monoisotopic (exact) mass is 343 g/mol. The summed E-state index contributed by atoms with van der Waals surface area (Å²) < 4.78 is 41.1. The summed E-state index contributed by atoms with van der Waals surface area (Å²) in [5, 5.41) is 4.19. The molecule has 0 fully saturated rings. The zero-order valence-electron chi connectivity index (χ0n) is 11.6. The molecule has 0 amide bonds. The minimum absolute atomic E-state index is 0.0293. The van der Waals surface area contributed by atoms with E-state index in [4.69, 9.17) is 27.9 Å². The van der Waals surface area contributed by atoms with Crippen molar-refractivity contribution in [3.05, 3.63) is 33.8 Å². The first-order valence-corrected chi connectivity index (χ1v) is 7.39. The predicted octanol–water partition coefficient (Wildman–Crippen LogP) is 4.48. The lowest BCUT2D eigenvalue weighted by atomic mass is 10.1. The summed E-state index contributed by atoms with van der Waals surface area (Å²) in [4.78, 5) is 0. The van der Waals surface area contributed by atoms with Crippen LogP contribution in [0.4, 0.5) is 13.2 Å². The average molecular weight is 344 g/mol. The van der Waals surface area contributed by atoms with Gasteiger partial charge in [-0.3, -0.25) is 0 Å². The molecule has 1 unspecified atom stereocenters. The summed E-state index contributed by atoms with van der Waals surface area (Å²) in [5.41, 5.74) is 0.824. The van der Waals surface area contributed by atoms with Gasteiger partial charge in [-0.1, -0.05) is 36.2 Å². The highest BCUT2D eigenvalue weighted by Gasteiger charge is 2.28. The number of halogens is 5. The van der Waals surface area contributed by atoms with E-state index in [0.717, 1.165) is 12.0 Å². The second-order valence-corrected chi connectivity index (χ2v) is 5.56. The molecule has 1 N–H and O–H groups in total. The molecule has 0 saturated carbocycles. The molecule has 0 aliphatic rings. The molecular weight excluding hydrogens is 326 g/mol. The van der Waals surface area contributed by atoms with Gasteiger partial charge in [0.05, 0.1) is 6.61 Å². The Labute approximate surface area is 132 Å². The summed E-state index contributed by atoms with van der Waals surface area (Å²) in [7, 11) is 0. The second-order valence-electron chi connectivity index (χ2n) is 4.72. The Balaban J connectivity index is 2.60. The van der Waals surface area contributed by atoms with Crippen LogP contribution in [0.25, 0.3) is 0 Å². The molecule has 1 rings (SSSR count). The van der Waals surface area contributed by atoms with Crippen LogP contribution in [0.1, 0.15) is 18.9 Å². The van der Waals surface area contributed by atoms with E-state index in [0.29, 0.717) is 23.0 Å². The van der Waals surface area contributed by atoms with Crippen LogP contribution >= 0.6 is 23.2 Å². The molecule has 0 aliphatic heterocycles. The van der Waals surface area contributed by atoms with Gasteiger partial charge >= 0.3 is 6.18 Å². The molecular formula is C14H18Cl2F3NO. The number of rotatable bonds is 8. The first-order valence-electron chi connectivity index (χ1n) is 6.63. The van der Waals surface area contributed by atoms with Gasteiger partial charge in [-0.15, -0.1) is 0 Å². The lowest BCUT2D eigenvalue weighted by Gasteiger charge is -2.20. The number of hydrogen-bond acceptors (Lipinski definition) is 2. The second kappa shape index (κ2) is 8.83. The van der Waals surface area contributed by atoms with Gasteiger partial charge in [0.25, 0.3) is 0 Å². The van der Waals surface area contributed by atoms with Crippen molar-refractivity contribution in [2.75, 3.05) is 19.8 Å². The summed E-state index contributed by atoms with van der Waals surface area (Å²) >= 11 is 11.9. The summed E-state index contributed by atoms with van der Waals surface area (Å²) in [6.07, 6.45) is -2.95. The van der Waals surface area contributed by atoms with Gasteiger partial charge in [-0.2, -0.15) is 13.2 Å². The van der Waals surface area contributed by atoms with Crippen molar-refractivity contribution in [3.8, 4) is 0 Å². The summed E-state index contributed by atoms with van der Waals surface area (Å²) in [6, 6.07) is 4.86. The van der Waals surface area contributed by atoms with E-state index in [1.807, 2.05) is 6.92 Å². The van der Waals surface area contributed by atoms with Gasteiger partial charge in [-0.25, -0.2) is 0 Å². The molecule has 1 aromatic rings. The van der Waals surface area contributed by atoms with E-state index in [1.165, 1.54) is 0 Å². The van der Waals surface area contributed by atoms with Gasteiger partial charge in [0.1, 0.15) is 6.61 Å². The van der Waals surface area contributed by atoms with Crippen LogP contribution in [0, 0.1) is 0 Å². The Morgan fingerprint density at radius 1 is 1.29 bits per heavy atom. The molecule has 1 aromatic carbocycles. The zero-order chi connectivity index (χ0) is 15.9. The van der Waals surface area contributed by atoms with Crippen molar-refractivity contribution in [3.63, 3.8) is 0 Å². The Morgan fingerprint density at radius 2 is 2.00 bits per heavy atom. The minimum atomic E-state index is -4.31. The van der Waals surface area contributed by atoms with Gasteiger partial charge in [0.15, 0.2) is 0 Å². The van der Waals surface area contributed by atoms with Gasteiger partial charge in [0, 0.05) is 16.1 Å². The molecule has 1 atom stereocenters. The molecule has 0 heterocycles. The molecule has 2 nitrogen and oxygen atoms in total.